The summed E-state index contributed by atoms with van der Waals surface area (Å²) in [4.78, 5) is 14.6. The summed E-state index contributed by atoms with van der Waals surface area (Å²) < 4.78 is 0. The van der Waals surface area contributed by atoms with Crippen LogP contribution in [0.4, 0.5) is 0 Å². The SMILES string of the molecule is CC1CCCC(C)N1C(=O)[C@@H](N)CCc1ccccc1. The Labute approximate surface area is 122 Å². The van der Waals surface area contributed by atoms with E-state index in [2.05, 4.69) is 26.0 Å². The molecule has 2 rings (SSSR count). The number of hydrogen-bond acceptors (Lipinski definition) is 2. The van der Waals surface area contributed by atoms with Gasteiger partial charge in [0.15, 0.2) is 0 Å². The molecule has 1 fully saturated rings. The zero-order chi connectivity index (χ0) is 14.5. The van der Waals surface area contributed by atoms with Crippen molar-refractivity contribution in [2.45, 2.75) is 64.1 Å². The molecule has 0 bridgehead atoms. The number of benzene rings is 1. The molecule has 1 aliphatic rings. The predicted molar refractivity (Wildman–Crippen MR) is 82.4 cm³/mol. The zero-order valence-electron chi connectivity index (χ0n) is 12.6. The van der Waals surface area contributed by atoms with Gasteiger partial charge in [-0.1, -0.05) is 30.3 Å². The van der Waals surface area contributed by atoms with Crippen LogP contribution in [0.1, 0.15) is 45.1 Å². The Kier molecular flexibility index (Phi) is 5.18. The normalized spacial score (nSPS) is 24.4. The first-order valence-corrected chi connectivity index (χ1v) is 7.71. The minimum atomic E-state index is -0.377. The Morgan fingerprint density at radius 3 is 2.45 bits per heavy atom. The second-order valence-corrected chi connectivity index (χ2v) is 6.01. The first kappa shape index (κ1) is 15.0. The highest BCUT2D eigenvalue weighted by Gasteiger charge is 2.31. The van der Waals surface area contributed by atoms with Gasteiger partial charge in [0.25, 0.3) is 0 Å². The van der Waals surface area contributed by atoms with E-state index in [0.29, 0.717) is 12.1 Å². The number of piperidine rings is 1. The Hall–Kier alpha value is -1.35. The van der Waals surface area contributed by atoms with E-state index >= 15 is 0 Å². The monoisotopic (exact) mass is 274 g/mol. The summed E-state index contributed by atoms with van der Waals surface area (Å²) in [5, 5.41) is 0. The van der Waals surface area contributed by atoms with Crippen LogP contribution in [-0.4, -0.2) is 28.9 Å². The molecule has 1 heterocycles. The molecule has 2 N–H and O–H groups in total. The number of carbonyl (C=O) groups excluding carboxylic acids is 1. The summed E-state index contributed by atoms with van der Waals surface area (Å²) in [5.74, 6) is 0.126. The van der Waals surface area contributed by atoms with E-state index < -0.39 is 0 Å². The summed E-state index contributed by atoms with van der Waals surface area (Å²) in [6.07, 6.45) is 5.00. The van der Waals surface area contributed by atoms with E-state index in [-0.39, 0.29) is 11.9 Å². The molecule has 0 aromatic heterocycles. The maximum Gasteiger partial charge on any atom is 0.239 e. The summed E-state index contributed by atoms with van der Waals surface area (Å²) in [6, 6.07) is 10.5. The minimum absolute atomic E-state index is 0.126. The van der Waals surface area contributed by atoms with Crippen LogP contribution in [0.2, 0.25) is 0 Å². The van der Waals surface area contributed by atoms with Crippen LogP contribution in [0, 0.1) is 0 Å². The smallest absolute Gasteiger partial charge is 0.239 e. The molecule has 0 spiro atoms. The summed E-state index contributed by atoms with van der Waals surface area (Å²) in [5.41, 5.74) is 7.37. The largest absolute Gasteiger partial charge is 0.336 e. The molecule has 3 nitrogen and oxygen atoms in total. The van der Waals surface area contributed by atoms with E-state index in [1.165, 1.54) is 12.0 Å². The maximum absolute atomic E-state index is 12.5. The highest BCUT2D eigenvalue weighted by atomic mass is 16.2. The molecule has 1 aromatic rings. The number of hydrogen-bond donors (Lipinski definition) is 1. The Morgan fingerprint density at radius 1 is 1.25 bits per heavy atom. The summed E-state index contributed by atoms with van der Waals surface area (Å²) in [7, 11) is 0. The van der Waals surface area contributed by atoms with Gasteiger partial charge >= 0.3 is 0 Å². The molecule has 2 unspecified atom stereocenters. The quantitative estimate of drug-likeness (QED) is 0.917. The van der Waals surface area contributed by atoms with E-state index in [9.17, 15) is 4.79 Å². The van der Waals surface area contributed by atoms with Crippen molar-refractivity contribution in [1.29, 1.82) is 0 Å². The molecule has 3 atom stereocenters. The van der Waals surface area contributed by atoms with Crippen molar-refractivity contribution in [3.05, 3.63) is 35.9 Å². The lowest BCUT2D eigenvalue weighted by molar-refractivity contribution is -0.138. The molecular weight excluding hydrogens is 248 g/mol. The number of aryl methyl sites for hydroxylation is 1. The highest BCUT2D eigenvalue weighted by Crippen LogP contribution is 2.23. The van der Waals surface area contributed by atoms with Gasteiger partial charge < -0.3 is 10.6 Å². The van der Waals surface area contributed by atoms with Crippen LogP contribution >= 0.6 is 0 Å². The molecule has 1 aliphatic heterocycles. The number of amides is 1. The van der Waals surface area contributed by atoms with Crippen LogP contribution in [0.3, 0.4) is 0 Å². The van der Waals surface area contributed by atoms with Gasteiger partial charge in [0.2, 0.25) is 5.91 Å². The molecular formula is C17H26N2O. The van der Waals surface area contributed by atoms with Gasteiger partial charge in [-0.25, -0.2) is 0 Å². The third kappa shape index (κ3) is 3.60. The van der Waals surface area contributed by atoms with E-state index in [4.69, 9.17) is 5.73 Å². The van der Waals surface area contributed by atoms with Gasteiger partial charge in [0.05, 0.1) is 6.04 Å². The average Bonchev–Trinajstić information content (AvgIpc) is 2.45. The fraction of sp³-hybridized carbons (Fsp3) is 0.588. The number of nitrogens with zero attached hydrogens (tertiary/aromatic N) is 1. The van der Waals surface area contributed by atoms with Crippen molar-refractivity contribution >= 4 is 5.91 Å². The van der Waals surface area contributed by atoms with Gasteiger partial charge in [0.1, 0.15) is 0 Å². The first-order valence-electron chi connectivity index (χ1n) is 7.71. The molecule has 3 heteroatoms. The van der Waals surface area contributed by atoms with Crippen LogP contribution in [0.25, 0.3) is 0 Å². The van der Waals surface area contributed by atoms with Crippen molar-refractivity contribution in [1.82, 2.24) is 4.90 Å². The molecule has 0 radical (unpaired) electrons. The Morgan fingerprint density at radius 2 is 1.85 bits per heavy atom. The lowest BCUT2D eigenvalue weighted by atomic mass is 9.95. The van der Waals surface area contributed by atoms with Crippen molar-refractivity contribution in [2.75, 3.05) is 0 Å². The lowest BCUT2D eigenvalue weighted by Gasteiger charge is -2.40. The highest BCUT2D eigenvalue weighted by molar-refractivity contribution is 5.82. The van der Waals surface area contributed by atoms with Gasteiger partial charge in [-0.05, 0) is 51.5 Å². The second-order valence-electron chi connectivity index (χ2n) is 6.01. The van der Waals surface area contributed by atoms with Crippen LogP contribution in [0.15, 0.2) is 30.3 Å². The second kappa shape index (κ2) is 6.89. The van der Waals surface area contributed by atoms with E-state index in [1.807, 2.05) is 23.1 Å². The third-order valence-corrected chi connectivity index (χ3v) is 4.35. The average molecular weight is 274 g/mol. The van der Waals surface area contributed by atoms with E-state index in [0.717, 1.165) is 25.7 Å². The maximum atomic E-state index is 12.5. The number of nitrogens with two attached hydrogens (primary N) is 1. The standard InChI is InChI=1S/C17H26N2O/c1-13-7-6-8-14(2)19(13)17(20)16(18)12-11-15-9-4-3-5-10-15/h3-5,9-10,13-14,16H,6-8,11-12,18H2,1-2H3/t13?,14?,16-/m0/s1. The molecule has 1 aromatic carbocycles. The van der Waals surface area contributed by atoms with Gasteiger partial charge in [0, 0.05) is 12.1 Å². The van der Waals surface area contributed by atoms with Gasteiger partial charge in [-0.3, -0.25) is 4.79 Å². The molecule has 1 saturated heterocycles. The summed E-state index contributed by atoms with van der Waals surface area (Å²) in [6.45, 7) is 4.27. The van der Waals surface area contributed by atoms with Crippen LogP contribution < -0.4 is 5.73 Å². The third-order valence-electron chi connectivity index (χ3n) is 4.35. The van der Waals surface area contributed by atoms with Crippen molar-refractivity contribution in [3.63, 3.8) is 0 Å². The fourth-order valence-electron chi connectivity index (χ4n) is 3.14. The molecule has 1 amide bonds. The van der Waals surface area contributed by atoms with Gasteiger partial charge in [-0.2, -0.15) is 0 Å². The van der Waals surface area contributed by atoms with Crippen molar-refractivity contribution in [3.8, 4) is 0 Å². The van der Waals surface area contributed by atoms with Crippen LogP contribution in [-0.2, 0) is 11.2 Å². The number of carbonyl (C=O) groups is 1. The van der Waals surface area contributed by atoms with Crippen molar-refractivity contribution < 1.29 is 4.79 Å². The Balaban J connectivity index is 1.91. The zero-order valence-corrected chi connectivity index (χ0v) is 12.6. The molecule has 0 aliphatic carbocycles. The molecule has 20 heavy (non-hydrogen) atoms. The van der Waals surface area contributed by atoms with Gasteiger partial charge in [-0.15, -0.1) is 0 Å². The number of rotatable bonds is 4. The fourth-order valence-corrected chi connectivity index (χ4v) is 3.14. The van der Waals surface area contributed by atoms with Crippen molar-refractivity contribution in [2.24, 2.45) is 5.73 Å². The molecule has 110 valence electrons. The summed E-state index contributed by atoms with van der Waals surface area (Å²) >= 11 is 0. The van der Waals surface area contributed by atoms with E-state index in [1.54, 1.807) is 0 Å². The molecule has 0 saturated carbocycles. The topological polar surface area (TPSA) is 46.3 Å². The first-order chi connectivity index (χ1) is 9.59. The lowest BCUT2D eigenvalue weighted by Crippen LogP contribution is -2.53. The van der Waals surface area contributed by atoms with Crippen LogP contribution in [0.5, 0.6) is 0 Å². The predicted octanol–water partition coefficient (Wildman–Crippen LogP) is 2.74. The minimum Gasteiger partial charge on any atom is -0.336 e. The number of likely N-dealkylation sites (tertiary alicyclic amines) is 1. The Bertz CT molecular complexity index is 422.